The van der Waals surface area contributed by atoms with Crippen LogP contribution < -0.4 is 10.0 Å². The fourth-order valence-corrected chi connectivity index (χ4v) is 3.45. The molecular formula is C22H21ClN2OS. The summed E-state index contributed by atoms with van der Waals surface area (Å²) in [6, 6.07) is 23.1. The monoisotopic (exact) mass is 396 g/mol. The lowest BCUT2D eigenvalue weighted by Crippen LogP contribution is -2.09. The zero-order valence-corrected chi connectivity index (χ0v) is 16.8. The zero-order chi connectivity index (χ0) is 19.2. The number of halogens is 1. The van der Waals surface area contributed by atoms with Crippen LogP contribution in [0.2, 0.25) is 5.02 Å². The SMILES string of the molecule is CC(C)Nc1ccc(SNc2ccc(Cl)cc2C(=O)c2ccccc2)cc1. The van der Waals surface area contributed by atoms with Crippen molar-refractivity contribution in [2.24, 2.45) is 0 Å². The van der Waals surface area contributed by atoms with Crippen molar-refractivity contribution in [3.8, 4) is 0 Å². The molecule has 0 aliphatic carbocycles. The summed E-state index contributed by atoms with van der Waals surface area (Å²) in [5.74, 6) is -0.0577. The van der Waals surface area contributed by atoms with E-state index in [1.165, 1.54) is 11.9 Å². The molecule has 5 heteroatoms. The van der Waals surface area contributed by atoms with Crippen LogP contribution in [0.15, 0.2) is 77.7 Å². The molecule has 0 unspecified atom stereocenters. The van der Waals surface area contributed by atoms with Crippen LogP contribution >= 0.6 is 23.5 Å². The van der Waals surface area contributed by atoms with Gasteiger partial charge in [0.05, 0.1) is 5.69 Å². The predicted octanol–water partition coefficient (Wildman–Crippen LogP) is 6.51. The highest BCUT2D eigenvalue weighted by Gasteiger charge is 2.14. The van der Waals surface area contributed by atoms with Crippen molar-refractivity contribution < 1.29 is 4.79 Å². The molecule has 0 saturated carbocycles. The number of rotatable bonds is 7. The molecule has 0 saturated heterocycles. The van der Waals surface area contributed by atoms with Crippen LogP contribution in [0.4, 0.5) is 11.4 Å². The summed E-state index contributed by atoms with van der Waals surface area (Å²) in [6.07, 6.45) is 0. The van der Waals surface area contributed by atoms with Crippen LogP contribution in [0, 0.1) is 0 Å². The third-order valence-corrected chi connectivity index (χ3v) is 4.92. The Morgan fingerprint density at radius 2 is 1.67 bits per heavy atom. The van der Waals surface area contributed by atoms with E-state index in [0.29, 0.717) is 22.2 Å². The van der Waals surface area contributed by atoms with Crippen molar-refractivity contribution in [1.82, 2.24) is 0 Å². The van der Waals surface area contributed by atoms with Gasteiger partial charge in [-0.05, 0) is 68.3 Å². The molecule has 0 aliphatic rings. The van der Waals surface area contributed by atoms with Gasteiger partial charge in [0.25, 0.3) is 0 Å². The van der Waals surface area contributed by atoms with Crippen LogP contribution in [0.1, 0.15) is 29.8 Å². The first-order valence-corrected chi connectivity index (χ1v) is 9.91. The van der Waals surface area contributed by atoms with E-state index in [1.54, 1.807) is 24.3 Å². The van der Waals surface area contributed by atoms with Crippen molar-refractivity contribution in [2.45, 2.75) is 24.8 Å². The third kappa shape index (κ3) is 5.28. The molecule has 138 valence electrons. The molecular weight excluding hydrogens is 376 g/mol. The lowest BCUT2D eigenvalue weighted by Gasteiger charge is -2.13. The van der Waals surface area contributed by atoms with Gasteiger partial charge >= 0.3 is 0 Å². The first-order valence-electron chi connectivity index (χ1n) is 8.71. The second-order valence-electron chi connectivity index (χ2n) is 6.41. The Morgan fingerprint density at radius 1 is 0.963 bits per heavy atom. The molecule has 0 aromatic heterocycles. The Balaban J connectivity index is 1.76. The van der Waals surface area contributed by atoms with E-state index in [2.05, 4.69) is 23.9 Å². The summed E-state index contributed by atoms with van der Waals surface area (Å²) >= 11 is 7.59. The van der Waals surface area contributed by atoms with E-state index in [1.807, 2.05) is 48.5 Å². The van der Waals surface area contributed by atoms with Gasteiger partial charge < -0.3 is 10.0 Å². The summed E-state index contributed by atoms with van der Waals surface area (Å²) in [7, 11) is 0. The average Bonchev–Trinajstić information content (AvgIpc) is 2.68. The number of nitrogens with one attached hydrogen (secondary N) is 2. The number of benzene rings is 3. The molecule has 0 heterocycles. The zero-order valence-electron chi connectivity index (χ0n) is 15.2. The van der Waals surface area contributed by atoms with Gasteiger partial charge in [0.15, 0.2) is 5.78 Å². The quantitative estimate of drug-likeness (QED) is 0.352. The molecule has 27 heavy (non-hydrogen) atoms. The van der Waals surface area contributed by atoms with E-state index in [4.69, 9.17) is 11.6 Å². The number of hydrogen-bond acceptors (Lipinski definition) is 4. The van der Waals surface area contributed by atoms with E-state index in [-0.39, 0.29) is 5.78 Å². The third-order valence-electron chi connectivity index (χ3n) is 3.85. The molecule has 0 aliphatic heterocycles. The summed E-state index contributed by atoms with van der Waals surface area (Å²) in [4.78, 5) is 13.9. The maximum atomic E-state index is 12.9. The van der Waals surface area contributed by atoms with Gasteiger partial charge in [-0.1, -0.05) is 41.9 Å². The molecule has 0 fully saturated rings. The Labute approximate surface area is 169 Å². The topological polar surface area (TPSA) is 41.1 Å². The molecule has 0 bridgehead atoms. The highest BCUT2D eigenvalue weighted by molar-refractivity contribution is 8.00. The second kappa shape index (κ2) is 8.98. The van der Waals surface area contributed by atoms with Crippen molar-refractivity contribution in [3.63, 3.8) is 0 Å². The highest BCUT2D eigenvalue weighted by atomic mass is 35.5. The standard InChI is InChI=1S/C22H21ClN2OS/c1-15(2)24-18-9-11-19(12-10-18)27-25-21-13-8-17(23)14-20(21)22(26)16-6-4-3-5-7-16/h3-15,24-25H,1-2H3. The molecule has 3 rings (SSSR count). The van der Waals surface area contributed by atoms with E-state index in [9.17, 15) is 4.79 Å². The van der Waals surface area contributed by atoms with Crippen molar-refractivity contribution in [1.29, 1.82) is 0 Å². The largest absolute Gasteiger partial charge is 0.383 e. The molecule has 0 amide bonds. The van der Waals surface area contributed by atoms with Gasteiger partial charge in [-0.3, -0.25) is 4.79 Å². The normalized spacial score (nSPS) is 10.7. The van der Waals surface area contributed by atoms with Crippen LogP contribution in [-0.4, -0.2) is 11.8 Å². The van der Waals surface area contributed by atoms with E-state index >= 15 is 0 Å². The van der Waals surface area contributed by atoms with Crippen LogP contribution in [0.3, 0.4) is 0 Å². The fraction of sp³-hybridized carbons (Fsp3) is 0.136. The molecule has 0 atom stereocenters. The summed E-state index contributed by atoms with van der Waals surface area (Å²) < 4.78 is 3.28. The Kier molecular flexibility index (Phi) is 6.43. The summed E-state index contributed by atoms with van der Waals surface area (Å²) in [5.41, 5.74) is 3.01. The van der Waals surface area contributed by atoms with Gasteiger partial charge in [-0.2, -0.15) is 0 Å². The molecule has 3 aromatic carbocycles. The van der Waals surface area contributed by atoms with Crippen LogP contribution in [-0.2, 0) is 0 Å². The van der Waals surface area contributed by atoms with Crippen molar-refractivity contribution in [3.05, 3.63) is 88.9 Å². The predicted molar refractivity (Wildman–Crippen MR) is 116 cm³/mol. The minimum atomic E-state index is -0.0577. The fourth-order valence-electron chi connectivity index (χ4n) is 2.60. The smallest absolute Gasteiger partial charge is 0.195 e. The maximum absolute atomic E-state index is 12.9. The lowest BCUT2D eigenvalue weighted by molar-refractivity contribution is 0.103. The molecule has 0 radical (unpaired) electrons. The van der Waals surface area contributed by atoms with E-state index in [0.717, 1.165) is 16.3 Å². The van der Waals surface area contributed by atoms with Gasteiger partial charge in [0.1, 0.15) is 0 Å². The van der Waals surface area contributed by atoms with Gasteiger partial charge in [0.2, 0.25) is 0 Å². The number of carbonyl (C=O) groups is 1. The van der Waals surface area contributed by atoms with Crippen molar-refractivity contribution in [2.75, 3.05) is 10.0 Å². The Bertz CT molecular complexity index is 911. The number of carbonyl (C=O) groups excluding carboxylic acids is 1. The lowest BCUT2D eigenvalue weighted by atomic mass is 10.0. The van der Waals surface area contributed by atoms with Crippen LogP contribution in [0.5, 0.6) is 0 Å². The van der Waals surface area contributed by atoms with Gasteiger partial charge in [-0.25, -0.2) is 0 Å². The minimum absolute atomic E-state index is 0.0577. The molecule has 2 N–H and O–H groups in total. The Hall–Kier alpha value is -2.43. The highest BCUT2D eigenvalue weighted by Crippen LogP contribution is 2.28. The molecule has 0 spiro atoms. The average molecular weight is 397 g/mol. The van der Waals surface area contributed by atoms with Crippen molar-refractivity contribution >= 4 is 40.7 Å². The number of hydrogen-bond donors (Lipinski definition) is 2. The molecule has 3 aromatic rings. The first-order chi connectivity index (χ1) is 13.0. The second-order valence-corrected chi connectivity index (χ2v) is 7.73. The van der Waals surface area contributed by atoms with Gasteiger partial charge in [0, 0.05) is 32.8 Å². The summed E-state index contributed by atoms with van der Waals surface area (Å²) in [5, 5.41) is 3.90. The van der Waals surface area contributed by atoms with Gasteiger partial charge in [-0.15, -0.1) is 0 Å². The van der Waals surface area contributed by atoms with Crippen LogP contribution in [0.25, 0.3) is 0 Å². The first kappa shape index (κ1) is 19.3. The minimum Gasteiger partial charge on any atom is -0.383 e. The number of anilines is 2. The van der Waals surface area contributed by atoms with E-state index < -0.39 is 0 Å². The molecule has 3 nitrogen and oxygen atoms in total. The Morgan fingerprint density at radius 3 is 2.33 bits per heavy atom. The number of ketones is 1. The summed E-state index contributed by atoms with van der Waals surface area (Å²) in [6.45, 7) is 4.21. The maximum Gasteiger partial charge on any atom is 0.195 e.